The average Bonchev–Trinajstić information content (AvgIpc) is 3.14. The zero-order valence-corrected chi connectivity index (χ0v) is 16.0. The number of carbonyl (C=O) groups is 1. The lowest BCUT2D eigenvalue weighted by molar-refractivity contribution is -0.121. The van der Waals surface area contributed by atoms with Gasteiger partial charge in [-0.15, -0.1) is 0 Å². The van der Waals surface area contributed by atoms with Crippen molar-refractivity contribution >= 4 is 11.6 Å². The van der Waals surface area contributed by atoms with Crippen LogP contribution in [-0.2, 0) is 10.2 Å². The van der Waals surface area contributed by atoms with Crippen LogP contribution in [0.25, 0.3) is 0 Å². The number of amides is 1. The van der Waals surface area contributed by atoms with Crippen LogP contribution >= 0.6 is 0 Å². The number of aryl methyl sites for hydroxylation is 1. The van der Waals surface area contributed by atoms with Crippen LogP contribution in [0.1, 0.15) is 57.1 Å². The summed E-state index contributed by atoms with van der Waals surface area (Å²) in [4.78, 5) is 13.2. The van der Waals surface area contributed by atoms with Crippen LogP contribution in [0.3, 0.4) is 0 Å². The molecule has 2 aromatic carbocycles. The molecule has 0 saturated heterocycles. The van der Waals surface area contributed by atoms with E-state index >= 15 is 0 Å². The fraction of sp³-hybridized carbons (Fsp3) is 0.435. The third-order valence-electron chi connectivity index (χ3n) is 5.49. The normalized spacial score (nSPS) is 16.9. The second-order valence-corrected chi connectivity index (χ2v) is 7.47. The highest BCUT2D eigenvalue weighted by Crippen LogP contribution is 2.42. The highest BCUT2D eigenvalue weighted by molar-refractivity contribution is 5.99. The van der Waals surface area contributed by atoms with Crippen molar-refractivity contribution < 1.29 is 9.53 Å². The smallest absolute Gasteiger partial charge is 0.235 e. The number of ether oxygens (including phenoxy) is 1. The molecule has 0 spiro atoms. The van der Waals surface area contributed by atoms with Gasteiger partial charge in [0.15, 0.2) is 0 Å². The molecular weight excluding hydrogens is 322 g/mol. The lowest BCUT2D eigenvalue weighted by atomic mass is 9.77. The van der Waals surface area contributed by atoms with Crippen LogP contribution in [0, 0.1) is 6.92 Å². The van der Waals surface area contributed by atoms with Gasteiger partial charge in [0.05, 0.1) is 11.5 Å². The van der Waals surface area contributed by atoms with Crippen molar-refractivity contribution in [3.63, 3.8) is 0 Å². The fourth-order valence-electron chi connectivity index (χ4n) is 3.75. The lowest BCUT2D eigenvalue weighted by Gasteiger charge is -2.28. The standard InChI is InChI=1S/C23H29NO2/c1-4-18(3)26-21-12-10-20(11-13-21)24-22(25)23(14-5-6-15-23)19-9-7-8-17(2)16-19/h7-13,16,18H,4-6,14-15H2,1-3H3,(H,24,25)/t18-/m0/s1. The molecule has 1 saturated carbocycles. The maximum absolute atomic E-state index is 13.2. The van der Waals surface area contributed by atoms with Crippen LogP contribution in [0.4, 0.5) is 5.69 Å². The Morgan fingerprint density at radius 2 is 1.85 bits per heavy atom. The molecule has 3 rings (SSSR count). The first-order valence-corrected chi connectivity index (χ1v) is 9.69. The van der Waals surface area contributed by atoms with Crippen LogP contribution in [0.2, 0.25) is 0 Å². The fourth-order valence-corrected chi connectivity index (χ4v) is 3.75. The Kier molecular flexibility index (Phi) is 5.65. The molecule has 1 amide bonds. The van der Waals surface area contributed by atoms with Crippen molar-refractivity contribution in [3.8, 4) is 5.75 Å². The molecule has 138 valence electrons. The number of anilines is 1. The monoisotopic (exact) mass is 351 g/mol. The van der Waals surface area contributed by atoms with Crippen LogP contribution in [0.15, 0.2) is 48.5 Å². The molecular formula is C23H29NO2. The van der Waals surface area contributed by atoms with E-state index in [0.29, 0.717) is 0 Å². The van der Waals surface area contributed by atoms with E-state index in [4.69, 9.17) is 4.74 Å². The Morgan fingerprint density at radius 3 is 2.46 bits per heavy atom. The summed E-state index contributed by atoms with van der Waals surface area (Å²) in [6.07, 6.45) is 5.19. The SMILES string of the molecule is CC[C@H](C)Oc1ccc(NC(=O)C2(c3cccc(C)c3)CCCC2)cc1. The second kappa shape index (κ2) is 7.94. The van der Waals surface area contributed by atoms with E-state index < -0.39 is 5.41 Å². The third kappa shape index (κ3) is 3.92. The number of nitrogens with one attached hydrogen (secondary N) is 1. The van der Waals surface area contributed by atoms with E-state index in [1.807, 2.05) is 24.3 Å². The van der Waals surface area contributed by atoms with Crippen LogP contribution < -0.4 is 10.1 Å². The van der Waals surface area contributed by atoms with E-state index in [1.54, 1.807) is 0 Å². The predicted octanol–water partition coefficient (Wildman–Crippen LogP) is 5.62. The minimum Gasteiger partial charge on any atom is -0.491 e. The van der Waals surface area contributed by atoms with E-state index in [1.165, 1.54) is 5.56 Å². The number of hydrogen-bond acceptors (Lipinski definition) is 2. The Labute approximate surface area is 156 Å². The average molecular weight is 351 g/mol. The first-order valence-electron chi connectivity index (χ1n) is 9.69. The zero-order chi connectivity index (χ0) is 18.6. The molecule has 0 bridgehead atoms. The molecule has 0 radical (unpaired) electrons. The molecule has 0 aliphatic heterocycles. The van der Waals surface area contributed by atoms with E-state index in [0.717, 1.165) is 49.1 Å². The van der Waals surface area contributed by atoms with Gasteiger partial charge in [-0.2, -0.15) is 0 Å². The molecule has 2 aromatic rings. The molecule has 3 nitrogen and oxygen atoms in total. The number of rotatable bonds is 6. The molecule has 1 fully saturated rings. The highest BCUT2D eigenvalue weighted by atomic mass is 16.5. The van der Waals surface area contributed by atoms with Gasteiger partial charge in [0.2, 0.25) is 5.91 Å². The number of carbonyl (C=O) groups excluding carboxylic acids is 1. The summed E-state index contributed by atoms with van der Waals surface area (Å²) in [7, 11) is 0. The van der Waals surface area contributed by atoms with E-state index in [9.17, 15) is 4.79 Å². The summed E-state index contributed by atoms with van der Waals surface area (Å²) in [5, 5.41) is 3.14. The van der Waals surface area contributed by atoms with Crippen molar-refractivity contribution in [3.05, 3.63) is 59.7 Å². The van der Waals surface area contributed by atoms with Gasteiger partial charge in [0.25, 0.3) is 0 Å². The van der Waals surface area contributed by atoms with Gasteiger partial charge >= 0.3 is 0 Å². The van der Waals surface area contributed by atoms with E-state index in [-0.39, 0.29) is 12.0 Å². The van der Waals surface area contributed by atoms with Gasteiger partial charge in [-0.1, -0.05) is 49.6 Å². The van der Waals surface area contributed by atoms with Gasteiger partial charge in [-0.05, 0) is 62.9 Å². The molecule has 26 heavy (non-hydrogen) atoms. The van der Waals surface area contributed by atoms with Gasteiger partial charge < -0.3 is 10.1 Å². The first kappa shape index (κ1) is 18.5. The maximum atomic E-state index is 13.2. The Hall–Kier alpha value is -2.29. The molecule has 3 heteroatoms. The van der Waals surface area contributed by atoms with Crippen molar-refractivity contribution in [2.75, 3.05) is 5.32 Å². The molecule has 0 aromatic heterocycles. The third-order valence-corrected chi connectivity index (χ3v) is 5.49. The summed E-state index contributed by atoms with van der Waals surface area (Å²) < 4.78 is 5.81. The molecule has 1 atom stereocenters. The molecule has 1 aliphatic carbocycles. The minimum absolute atomic E-state index is 0.108. The topological polar surface area (TPSA) is 38.3 Å². The summed E-state index contributed by atoms with van der Waals surface area (Å²) in [6.45, 7) is 6.24. The maximum Gasteiger partial charge on any atom is 0.235 e. The predicted molar refractivity (Wildman–Crippen MR) is 107 cm³/mol. The van der Waals surface area contributed by atoms with Gasteiger partial charge in [0, 0.05) is 5.69 Å². The zero-order valence-electron chi connectivity index (χ0n) is 16.0. The highest BCUT2D eigenvalue weighted by Gasteiger charge is 2.42. The van der Waals surface area contributed by atoms with Crippen molar-refractivity contribution in [1.29, 1.82) is 0 Å². The van der Waals surface area contributed by atoms with Gasteiger partial charge in [-0.25, -0.2) is 0 Å². The Balaban J connectivity index is 1.77. The summed E-state index contributed by atoms with van der Waals surface area (Å²) in [5.41, 5.74) is 2.76. The molecule has 0 heterocycles. The minimum atomic E-state index is -0.405. The summed E-state index contributed by atoms with van der Waals surface area (Å²) >= 11 is 0. The van der Waals surface area contributed by atoms with E-state index in [2.05, 4.69) is 50.4 Å². The molecule has 0 unspecified atom stereocenters. The lowest BCUT2D eigenvalue weighted by Crippen LogP contribution is -2.38. The van der Waals surface area contributed by atoms with Crippen molar-refractivity contribution in [2.24, 2.45) is 0 Å². The largest absolute Gasteiger partial charge is 0.491 e. The van der Waals surface area contributed by atoms with Gasteiger partial charge in [-0.3, -0.25) is 4.79 Å². The number of benzene rings is 2. The van der Waals surface area contributed by atoms with Crippen LogP contribution in [-0.4, -0.2) is 12.0 Å². The Morgan fingerprint density at radius 1 is 1.15 bits per heavy atom. The second-order valence-electron chi connectivity index (χ2n) is 7.47. The molecule has 1 aliphatic rings. The first-order chi connectivity index (χ1) is 12.5. The quantitative estimate of drug-likeness (QED) is 0.733. The summed E-state index contributed by atoms with van der Waals surface area (Å²) in [6, 6.07) is 16.1. The van der Waals surface area contributed by atoms with Crippen LogP contribution in [0.5, 0.6) is 5.75 Å². The van der Waals surface area contributed by atoms with Crippen molar-refractivity contribution in [2.45, 2.75) is 64.4 Å². The van der Waals surface area contributed by atoms with Gasteiger partial charge in [0.1, 0.15) is 5.75 Å². The summed E-state index contributed by atoms with van der Waals surface area (Å²) in [5.74, 6) is 0.947. The van der Waals surface area contributed by atoms with Crippen molar-refractivity contribution in [1.82, 2.24) is 0 Å². The molecule has 1 N–H and O–H groups in total. The number of hydrogen-bond donors (Lipinski definition) is 1. The Bertz CT molecular complexity index is 745.